The third-order valence-corrected chi connectivity index (χ3v) is 5.81. The maximum atomic E-state index is 13.5. The molecule has 1 aliphatic carbocycles. The average molecular weight is 382 g/mol. The topological polar surface area (TPSA) is 62.5 Å². The van der Waals surface area contributed by atoms with E-state index in [-0.39, 0.29) is 10.7 Å². The van der Waals surface area contributed by atoms with Crippen molar-refractivity contribution in [2.75, 3.05) is 0 Å². The molecule has 2 aromatic heterocycles. The molecule has 4 nitrogen and oxygen atoms in total. The van der Waals surface area contributed by atoms with Crippen LogP contribution in [0.25, 0.3) is 21.3 Å². The van der Waals surface area contributed by atoms with Crippen molar-refractivity contribution in [3.05, 3.63) is 46.2 Å². The molecule has 0 saturated heterocycles. The predicted octanol–water partition coefficient (Wildman–Crippen LogP) is 5.79. The molecule has 4 rings (SSSR count). The van der Waals surface area contributed by atoms with Crippen molar-refractivity contribution in [3.8, 4) is 11.1 Å². The molecular weight excluding hydrogens is 363 g/mol. The van der Waals surface area contributed by atoms with Gasteiger partial charge in [-0.25, -0.2) is 14.2 Å². The molecule has 0 atom stereocenters. The van der Waals surface area contributed by atoms with Crippen molar-refractivity contribution in [2.24, 2.45) is 4.99 Å². The van der Waals surface area contributed by atoms with Gasteiger partial charge in [0.1, 0.15) is 15.5 Å². The molecule has 0 unspecified atom stereocenters. The summed E-state index contributed by atoms with van der Waals surface area (Å²) in [5.41, 5.74) is 5.23. The zero-order valence-corrected chi connectivity index (χ0v) is 16.0. The highest BCUT2D eigenvalue weighted by atomic mass is 32.1. The Morgan fingerprint density at radius 1 is 1.19 bits per heavy atom. The predicted molar refractivity (Wildman–Crippen MR) is 107 cm³/mol. The van der Waals surface area contributed by atoms with Gasteiger partial charge in [-0.2, -0.15) is 0 Å². The summed E-state index contributed by atoms with van der Waals surface area (Å²) in [6.07, 6.45) is 3.91. The third-order valence-electron chi connectivity index (χ3n) is 4.75. The number of hydrogen-bond acceptors (Lipinski definition) is 4. The number of carbonyl (C=O) groups is 1. The van der Waals surface area contributed by atoms with Crippen molar-refractivity contribution >= 4 is 38.9 Å². The summed E-state index contributed by atoms with van der Waals surface area (Å²) in [6, 6.07) is 6.39. The molecule has 0 radical (unpaired) electrons. The molecule has 1 N–H and O–H groups in total. The summed E-state index contributed by atoms with van der Waals surface area (Å²) in [6.45, 7) is 3.69. The van der Waals surface area contributed by atoms with Crippen molar-refractivity contribution < 1.29 is 14.3 Å². The molecule has 6 heteroatoms. The maximum absolute atomic E-state index is 13.5. The van der Waals surface area contributed by atoms with Crippen LogP contribution in [-0.2, 0) is 12.8 Å². The molecular formula is C21H19FN2O2S. The van der Waals surface area contributed by atoms with Crippen LogP contribution in [0.1, 0.15) is 47.6 Å². The summed E-state index contributed by atoms with van der Waals surface area (Å²) in [5, 5.41) is 10.5. The van der Waals surface area contributed by atoms with Crippen LogP contribution in [-0.4, -0.2) is 21.8 Å². The molecule has 138 valence electrons. The highest BCUT2D eigenvalue weighted by Gasteiger charge is 2.26. The van der Waals surface area contributed by atoms with Crippen LogP contribution in [0.5, 0.6) is 0 Å². The van der Waals surface area contributed by atoms with E-state index in [1.54, 1.807) is 12.1 Å². The second kappa shape index (κ2) is 6.85. The molecule has 27 heavy (non-hydrogen) atoms. The van der Waals surface area contributed by atoms with Crippen LogP contribution < -0.4 is 0 Å². The van der Waals surface area contributed by atoms with Gasteiger partial charge in [0.25, 0.3) is 0 Å². The highest BCUT2D eigenvalue weighted by Crippen LogP contribution is 2.46. The van der Waals surface area contributed by atoms with Gasteiger partial charge in [0.15, 0.2) is 0 Å². The Hall–Kier alpha value is -2.60. The first-order valence-electron chi connectivity index (χ1n) is 8.95. The van der Waals surface area contributed by atoms with Gasteiger partial charge in [-0.1, -0.05) is 12.1 Å². The zero-order valence-electron chi connectivity index (χ0n) is 15.2. The fourth-order valence-corrected chi connectivity index (χ4v) is 4.66. The normalized spacial score (nSPS) is 13.4. The first-order chi connectivity index (χ1) is 13.0. The Morgan fingerprint density at radius 2 is 1.89 bits per heavy atom. The minimum Gasteiger partial charge on any atom is -0.477 e. The number of aryl methyl sites for hydroxylation is 1. The SMILES string of the molecule is CC(C)=Nc1c(C(=O)O)sc2nc3c(c(-c4ccc(F)cc4)c12)CCCC3. The summed E-state index contributed by atoms with van der Waals surface area (Å²) < 4.78 is 13.5. The molecule has 0 bridgehead atoms. The van der Waals surface area contributed by atoms with Gasteiger partial charge in [-0.15, -0.1) is 11.3 Å². The summed E-state index contributed by atoms with van der Waals surface area (Å²) in [4.78, 5) is 22.1. The number of carboxylic acid groups (broad SMARTS) is 1. The maximum Gasteiger partial charge on any atom is 0.348 e. The Bertz CT molecular complexity index is 1080. The second-order valence-corrected chi connectivity index (χ2v) is 7.95. The van der Waals surface area contributed by atoms with Crippen LogP contribution in [0.2, 0.25) is 0 Å². The number of halogens is 1. The van der Waals surface area contributed by atoms with Gasteiger partial charge in [0.2, 0.25) is 0 Å². The van der Waals surface area contributed by atoms with E-state index in [9.17, 15) is 14.3 Å². The van der Waals surface area contributed by atoms with E-state index in [0.717, 1.165) is 59.2 Å². The largest absolute Gasteiger partial charge is 0.477 e. The van der Waals surface area contributed by atoms with Crippen molar-refractivity contribution in [3.63, 3.8) is 0 Å². The lowest BCUT2D eigenvalue weighted by atomic mass is 9.87. The molecule has 1 aliphatic rings. The van der Waals surface area contributed by atoms with E-state index in [2.05, 4.69) is 4.99 Å². The van der Waals surface area contributed by atoms with Crippen LogP contribution in [0.4, 0.5) is 10.1 Å². The number of aromatic nitrogens is 1. The van der Waals surface area contributed by atoms with E-state index in [1.807, 2.05) is 13.8 Å². The highest BCUT2D eigenvalue weighted by molar-refractivity contribution is 7.21. The molecule has 1 aromatic carbocycles. The van der Waals surface area contributed by atoms with Gasteiger partial charge in [-0.3, -0.25) is 4.99 Å². The quantitative estimate of drug-likeness (QED) is 0.583. The Morgan fingerprint density at radius 3 is 2.56 bits per heavy atom. The van der Waals surface area contributed by atoms with E-state index in [0.29, 0.717) is 10.5 Å². The summed E-state index contributed by atoms with van der Waals surface area (Å²) in [7, 11) is 0. The summed E-state index contributed by atoms with van der Waals surface area (Å²) >= 11 is 1.17. The van der Waals surface area contributed by atoms with E-state index >= 15 is 0 Å². The van der Waals surface area contributed by atoms with Gasteiger partial charge in [0.05, 0.1) is 5.69 Å². The van der Waals surface area contributed by atoms with E-state index < -0.39 is 5.97 Å². The Balaban J connectivity index is 2.15. The fraction of sp³-hybridized carbons (Fsp3) is 0.286. The van der Waals surface area contributed by atoms with Crippen LogP contribution in [0, 0.1) is 5.82 Å². The Kier molecular flexibility index (Phi) is 4.52. The number of aromatic carboxylic acids is 1. The lowest BCUT2D eigenvalue weighted by Gasteiger charge is -2.20. The van der Waals surface area contributed by atoms with Crippen molar-refractivity contribution in [1.29, 1.82) is 0 Å². The second-order valence-electron chi connectivity index (χ2n) is 6.95. The number of benzene rings is 1. The molecule has 0 saturated carbocycles. The smallest absolute Gasteiger partial charge is 0.348 e. The van der Waals surface area contributed by atoms with Gasteiger partial charge < -0.3 is 5.11 Å². The molecule has 2 heterocycles. The van der Waals surface area contributed by atoms with E-state index in [4.69, 9.17) is 4.98 Å². The number of carboxylic acids is 1. The number of thiophene rings is 1. The minimum atomic E-state index is -0.999. The van der Waals surface area contributed by atoms with Crippen LogP contribution in [0.3, 0.4) is 0 Å². The van der Waals surface area contributed by atoms with Crippen LogP contribution >= 0.6 is 11.3 Å². The molecule has 0 amide bonds. The van der Waals surface area contributed by atoms with Gasteiger partial charge in [-0.05, 0) is 68.4 Å². The molecule has 0 aliphatic heterocycles. The number of aliphatic imine (C=N–C) groups is 1. The minimum absolute atomic E-state index is 0.199. The average Bonchev–Trinajstić information content (AvgIpc) is 2.98. The monoisotopic (exact) mass is 382 g/mol. The van der Waals surface area contributed by atoms with Crippen molar-refractivity contribution in [2.45, 2.75) is 39.5 Å². The third kappa shape index (κ3) is 3.14. The summed E-state index contributed by atoms with van der Waals surface area (Å²) in [5.74, 6) is -1.29. The molecule has 0 spiro atoms. The first-order valence-corrected chi connectivity index (χ1v) is 9.76. The fourth-order valence-electron chi connectivity index (χ4n) is 3.68. The standard InChI is InChI=1S/C21H19FN2O2S/c1-11(2)23-18-17-16(12-7-9-13(22)10-8-12)14-5-3-4-6-15(14)24-20(17)27-19(18)21(25)26/h7-10H,3-6H2,1-2H3,(H,25,26). The zero-order chi connectivity index (χ0) is 19.1. The van der Waals surface area contributed by atoms with Gasteiger partial charge in [0, 0.05) is 16.8 Å². The molecule has 3 aromatic rings. The van der Waals surface area contributed by atoms with Crippen LogP contribution in [0.15, 0.2) is 29.3 Å². The lowest BCUT2D eigenvalue weighted by molar-refractivity contribution is 0.0703. The number of fused-ring (bicyclic) bond motifs is 2. The first kappa shape index (κ1) is 17.8. The lowest BCUT2D eigenvalue weighted by Crippen LogP contribution is -2.07. The number of rotatable bonds is 3. The molecule has 0 fully saturated rings. The Labute approximate surface area is 160 Å². The number of nitrogens with zero attached hydrogens (tertiary/aromatic N) is 2. The number of hydrogen-bond donors (Lipinski definition) is 1. The van der Waals surface area contributed by atoms with Gasteiger partial charge >= 0.3 is 5.97 Å². The number of pyridine rings is 1. The van der Waals surface area contributed by atoms with E-state index in [1.165, 1.54) is 23.5 Å². The van der Waals surface area contributed by atoms with Crippen molar-refractivity contribution in [1.82, 2.24) is 4.98 Å².